The van der Waals surface area contributed by atoms with Crippen molar-refractivity contribution in [3.63, 3.8) is 0 Å². The minimum atomic E-state index is -0.285. The van der Waals surface area contributed by atoms with Gasteiger partial charge in [0.1, 0.15) is 18.0 Å². The van der Waals surface area contributed by atoms with Crippen molar-refractivity contribution in [2.45, 2.75) is 38.6 Å². The normalized spacial score (nSPS) is 19.5. The topological polar surface area (TPSA) is 87.7 Å². The number of nitrogens with zero attached hydrogens (tertiary/aromatic N) is 4. The molecule has 2 aliphatic heterocycles. The maximum absolute atomic E-state index is 14.5. The van der Waals surface area contributed by atoms with E-state index in [4.69, 9.17) is 4.74 Å². The number of fused-ring (bicyclic) bond motifs is 3. The Balaban J connectivity index is 1.26. The lowest BCUT2D eigenvalue weighted by molar-refractivity contribution is -0.126. The molecule has 180 valence electrons. The van der Waals surface area contributed by atoms with Crippen molar-refractivity contribution < 1.29 is 18.7 Å². The highest BCUT2D eigenvalue weighted by Gasteiger charge is 2.31. The van der Waals surface area contributed by atoms with Crippen LogP contribution < -0.4 is 10.2 Å². The van der Waals surface area contributed by atoms with Crippen LogP contribution in [0.1, 0.15) is 32.6 Å². The number of carbonyl (C=O) groups is 2. The Kier molecular flexibility index (Phi) is 6.49. The zero-order valence-electron chi connectivity index (χ0n) is 19.1. The molecule has 1 N–H and O–H groups in total. The molecule has 0 spiro atoms. The van der Waals surface area contributed by atoms with Gasteiger partial charge < -0.3 is 19.9 Å². The molecule has 10 heteroatoms. The average molecular weight is 486 g/mol. The number of ether oxygens (including phenoxy) is 1. The predicted molar refractivity (Wildman–Crippen MR) is 130 cm³/mol. The molecule has 2 fully saturated rings. The molecule has 0 bridgehead atoms. The van der Waals surface area contributed by atoms with Crippen LogP contribution in [0.4, 0.5) is 15.0 Å². The van der Waals surface area contributed by atoms with Crippen LogP contribution in [0.5, 0.6) is 0 Å². The third-order valence-electron chi connectivity index (χ3n) is 6.67. The van der Waals surface area contributed by atoms with E-state index >= 15 is 0 Å². The van der Waals surface area contributed by atoms with E-state index in [1.807, 2.05) is 6.07 Å². The fraction of sp³-hybridized carbons (Fsp3) is 0.500. The van der Waals surface area contributed by atoms with Gasteiger partial charge in [0.15, 0.2) is 0 Å². The van der Waals surface area contributed by atoms with Gasteiger partial charge in [0.2, 0.25) is 5.91 Å². The van der Waals surface area contributed by atoms with Gasteiger partial charge in [-0.05, 0) is 44.7 Å². The highest BCUT2D eigenvalue weighted by Crippen LogP contribution is 2.39. The molecule has 3 aromatic rings. The van der Waals surface area contributed by atoms with Crippen molar-refractivity contribution >= 4 is 49.5 Å². The van der Waals surface area contributed by atoms with E-state index in [-0.39, 0.29) is 29.8 Å². The monoisotopic (exact) mass is 485 g/mol. The number of halogens is 1. The first-order valence-corrected chi connectivity index (χ1v) is 12.7. The molecule has 1 aromatic carbocycles. The summed E-state index contributed by atoms with van der Waals surface area (Å²) in [6.07, 6.45) is 4.34. The second-order valence-electron chi connectivity index (χ2n) is 8.84. The zero-order valence-corrected chi connectivity index (χ0v) is 19.9. The van der Waals surface area contributed by atoms with E-state index in [0.29, 0.717) is 37.1 Å². The minimum Gasteiger partial charge on any atom is -0.450 e. The third kappa shape index (κ3) is 4.38. The summed E-state index contributed by atoms with van der Waals surface area (Å²) in [7, 11) is 0. The van der Waals surface area contributed by atoms with E-state index in [2.05, 4.69) is 20.2 Å². The number of anilines is 1. The summed E-state index contributed by atoms with van der Waals surface area (Å²) >= 11 is 1.49. The quantitative estimate of drug-likeness (QED) is 0.602. The first-order valence-electron chi connectivity index (χ1n) is 11.8. The standard InChI is InChI=1S/C24H28FN5O3S/c1-2-33-24(32)29-11-8-16(9-12-29)28-23(31)15-5-4-10-30(13-15)22-21-20(26-14-27-22)19-17(25)6-3-7-18(19)34-21/h3,6-7,14-16H,2,4-5,8-13H2,1H3,(H,28,31). The van der Waals surface area contributed by atoms with Gasteiger partial charge in [-0.25, -0.2) is 19.2 Å². The van der Waals surface area contributed by atoms with Crippen LogP contribution in [0.3, 0.4) is 0 Å². The van der Waals surface area contributed by atoms with E-state index in [0.717, 1.165) is 47.4 Å². The number of hydrogen-bond acceptors (Lipinski definition) is 7. The van der Waals surface area contributed by atoms with Crippen LogP contribution in [0, 0.1) is 11.7 Å². The molecule has 2 amide bonds. The summed E-state index contributed by atoms with van der Waals surface area (Å²) in [5, 5.41) is 3.73. The van der Waals surface area contributed by atoms with Crippen LogP contribution >= 0.6 is 11.3 Å². The van der Waals surface area contributed by atoms with E-state index in [9.17, 15) is 14.0 Å². The largest absolute Gasteiger partial charge is 0.450 e. The molecular weight excluding hydrogens is 457 g/mol. The van der Waals surface area contributed by atoms with E-state index in [1.54, 1.807) is 17.9 Å². The van der Waals surface area contributed by atoms with Gasteiger partial charge in [-0.3, -0.25) is 4.79 Å². The average Bonchev–Trinajstić information content (AvgIpc) is 3.25. The summed E-state index contributed by atoms with van der Waals surface area (Å²) in [4.78, 5) is 37.7. The number of thiophene rings is 1. The summed E-state index contributed by atoms with van der Waals surface area (Å²) in [5.74, 6) is 0.393. The number of amides is 2. The van der Waals surface area contributed by atoms with Crippen LogP contribution in [0.2, 0.25) is 0 Å². The number of piperidine rings is 2. The van der Waals surface area contributed by atoms with Gasteiger partial charge in [-0.2, -0.15) is 0 Å². The fourth-order valence-corrected chi connectivity index (χ4v) is 6.10. The summed E-state index contributed by atoms with van der Waals surface area (Å²) in [6.45, 7) is 4.69. The number of likely N-dealkylation sites (tertiary alicyclic amines) is 1. The van der Waals surface area contributed by atoms with Crippen LogP contribution in [-0.4, -0.2) is 65.7 Å². The van der Waals surface area contributed by atoms with Crippen LogP contribution in [-0.2, 0) is 9.53 Å². The first kappa shape index (κ1) is 22.8. The molecule has 4 heterocycles. The minimum absolute atomic E-state index is 0.0481. The van der Waals surface area contributed by atoms with E-state index < -0.39 is 0 Å². The zero-order chi connectivity index (χ0) is 23.7. The Bertz CT molecular complexity index is 1210. The molecule has 0 radical (unpaired) electrons. The number of aromatic nitrogens is 2. The Hall–Kier alpha value is -3.01. The lowest BCUT2D eigenvalue weighted by atomic mass is 9.95. The molecule has 0 aliphatic carbocycles. The van der Waals surface area contributed by atoms with Gasteiger partial charge in [-0.15, -0.1) is 11.3 Å². The molecule has 8 nitrogen and oxygen atoms in total. The maximum Gasteiger partial charge on any atom is 0.409 e. The lowest BCUT2D eigenvalue weighted by Gasteiger charge is -2.35. The predicted octanol–water partition coefficient (Wildman–Crippen LogP) is 3.94. The second kappa shape index (κ2) is 9.69. The molecule has 0 saturated carbocycles. The molecule has 1 atom stereocenters. The van der Waals surface area contributed by atoms with Crippen molar-refractivity contribution in [2.24, 2.45) is 5.92 Å². The fourth-order valence-electron chi connectivity index (χ4n) is 4.91. The molecule has 1 unspecified atom stereocenters. The summed E-state index contributed by atoms with van der Waals surface area (Å²) in [6, 6.07) is 5.12. The van der Waals surface area contributed by atoms with Gasteiger partial charge in [0.25, 0.3) is 0 Å². The number of rotatable bonds is 4. The summed E-state index contributed by atoms with van der Waals surface area (Å²) < 4.78 is 21.2. The van der Waals surface area contributed by atoms with Gasteiger partial charge in [0, 0.05) is 36.9 Å². The van der Waals surface area contributed by atoms with Crippen molar-refractivity contribution in [2.75, 3.05) is 37.7 Å². The van der Waals surface area contributed by atoms with E-state index in [1.165, 1.54) is 23.7 Å². The molecule has 2 aromatic heterocycles. The van der Waals surface area contributed by atoms with Crippen molar-refractivity contribution in [1.29, 1.82) is 0 Å². The number of hydrogen-bond donors (Lipinski definition) is 1. The van der Waals surface area contributed by atoms with Crippen LogP contribution in [0.25, 0.3) is 20.3 Å². The Morgan fingerprint density at radius 3 is 2.82 bits per heavy atom. The van der Waals surface area contributed by atoms with Gasteiger partial charge in [0.05, 0.1) is 28.1 Å². The lowest BCUT2D eigenvalue weighted by Crippen LogP contribution is -2.50. The van der Waals surface area contributed by atoms with Crippen molar-refractivity contribution in [3.05, 3.63) is 30.3 Å². The molecule has 34 heavy (non-hydrogen) atoms. The maximum atomic E-state index is 14.5. The molecule has 5 rings (SSSR count). The van der Waals surface area contributed by atoms with Crippen molar-refractivity contribution in [1.82, 2.24) is 20.2 Å². The van der Waals surface area contributed by atoms with Gasteiger partial charge >= 0.3 is 6.09 Å². The molecule has 2 saturated heterocycles. The number of nitrogens with one attached hydrogen (secondary N) is 1. The third-order valence-corrected chi connectivity index (χ3v) is 7.81. The highest BCUT2D eigenvalue weighted by atomic mass is 32.1. The first-order chi connectivity index (χ1) is 16.5. The Morgan fingerprint density at radius 1 is 1.21 bits per heavy atom. The smallest absolute Gasteiger partial charge is 0.409 e. The van der Waals surface area contributed by atoms with Crippen molar-refractivity contribution in [3.8, 4) is 0 Å². The second-order valence-corrected chi connectivity index (χ2v) is 9.90. The summed E-state index contributed by atoms with van der Waals surface area (Å²) in [5.41, 5.74) is 0.628. The van der Waals surface area contributed by atoms with Crippen LogP contribution in [0.15, 0.2) is 24.5 Å². The Labute approximate surface area is 201 Å². The highest BCUT2D eigenvalue weighted by molar-refractivity contribution is 7.26. The Morgan fingerprint density at radius 2 is 2.03 bits per heavy atom. The number of carbonyl (C=O) groups excluding carboxylic acids is 2. The number of benzene rings is 1. The SMILES string of the molecule is CCOC(=O)N1CCC(NC(=O)C2CCCN(c3ncnc4c3sc3cccc(F)c34)C2)CC1. The molecular formula is C24H28FN5O3S. The molecule has 2 aliphatic rings. The van der Waals surface area contributed by atoms with Gasteiger partial charge in [-0.1, -0.05) is 6.07 Å².